The van der Waals surface area contributed by atoms with Crippen LogP contribution in [0.1, 0.15) is 5.56 Å². The van der Waals surface area contributed by atoms with Crippen molar-refractivity contribution < 1.29 is 96.7 Å². The minimum atomic E-state index is -5.31. The van der Waals surface area contributed by atoms with E-state index >= 15 is 0 Å². The first-order chi connectivity index (χ1) is 13.8. The zero-order valence-corrected chi connectivity index (χ0v) is 23.0. The Bertz CT molecular complexity index is 1080. The molecule has 0 atom stereocenters. The monoisotopic (exact) mass is 465 g/mol. The van der Waals surface area contributed by atoms with Crippen molar-refractivity contribution in [3.63, 3.8) is 0 Å². The van der Waals surface area contributed by atoms with E-state index < -0.39 is 7.82 Å². The largest absolute Gasteiger partial charge is 1.00 e. The summed E-state index contributed by atoms with van der Waals surface area (Å²) in [6.07, 6.45) is 1.33. The van der Waals surface area contributed by atoms with Crippen molar-refractivity contribution in [3.05, 3.63) is 42.2 Å². The third-order valence-corrected chi connectivity index (χ3v) is 4.62. The van der Waals surface area contributed by atoms with Crippen LogP contribution in [0.3, 0.4) is 0 Å². The average Bonchev–Trinajstić information content (AvgIpc) is 3.15. The van der Waals surface area contributed by atoms with Crippen LogP contribution in [0.15, 0.2) is 41.1 Å². The van der Waals surface area contributed by atoms with Crippen molar-refractivity contribution in [1.82, 2.24) is 5.16 Å². The Hall–Kier alpha value is -1.00. The second-order valence-electron chi connectivity index (χ2n) is 6.01. The molecule has 0 amide bonds. The van der Waals surface area contributed by atoms with Crippen molar-refractivity contribution in [3.8, 4) is 45.4 Å². The summed E-state index contributed by atoms with van der Waals surface area (Å²) in [6, 6.07) is 7.98. The molecular formula is C19H18NNa2O8P. The fourth-order valence-electron chi connectivity index (χ4n) is 2.98. The number of nitrogens with zero attached hydrogens (tertiary/aromatic N) is 1. The summed E-state index contributed by atoms with van der Waals surface area (Å²) in [4.78, 5) is 22.4. The van der Waals surface area contributed by atoms with E-state index in [0.29, 0.717) is 39.6 Å². The van der Waals surface area contributed by atoms with Gasteiger partial charge in [-0.1, -0.05) is 5.16 Å². The summed E-state index contributed by atoms with van der Waals surface area (Å²) in [7, 11) is -0.848. The number of aryl methyl sites for hydroxylation is 1. The molecule has 3 aromatic rings. The van der Waals surface area contributed by atoms with Gasteiger partial charge in [0.15, 0.2) is 11.5 Å². The van der Waals surface area contributed by atoms with Crippen LogP contribution < -0.4 is 87.6 Å². The summed E-state index contributed by atoms with van der Waals surface area (Å²) in [5, 5.41) is 4.03. The number of benzene rings is 2. The first-order valence-electron chi connectivity index (χ1n) is 8.34. The summed E-state index contributed by atoms with van der Waals surface area (Å²) in [5.41, 5.74) is 2.54. The third-order valence-electron chi connectivity index (χ3n) is 4.20. The van der Waals surface area contributed by atoms with Crippen LogP contribution in [0.2, 0.25) is 0 Å². The molecule has 1 aromatic heterocycles. The second kappa shape index (κ2) is 11.7. The Kier molecular flexibility index (Phi) is 10.6. The van der Waals surface area contributed by atoms with Crippen LogP contribution in [0.4, 0.5) is 0 Å². The molecule has 0 saturated heterocycles. The fraction of sp³-hybridized carbons (Fsp3) is 0.211. The van der Waals surface area contributed by atoms with Gasteiger partial charge in [0, 0.05) is 17.2 Å². The van der Waals surface area contributed by atoms with E-state index in [4.69, 9.17) is 18.7 Å². The molecule has 12 heteroatoms. The molecule has 0 fully saturated rings. The molecule has 0 saturated carbocycles. The maximum Gasteiger partial charge on any atom is 1.00 e. The van der Waals surface area contributed by atoms with E-state index in [0.717, 1.165) is 5.56 Å². The molecule has 0 spiro atoms. The minimum absolute atomic E-state index is 0. The van der Waals surface area contributed by atoms with Crippen LogP contribution in [0.25, 0.3) is 22.4 Å². The normalized spacial score (nSPS) is 10.5. The standard InChI is InChI=1S/C19H20NO8P.2Na/c1-11-7-12(8-17(25-3)19(11)26-4)18-15(10-27-20-18)14-6-5-13(24-2)9-16(14)28-29(21,22)23;;/h5-10H,1-4H3,(H2,21,22,23);;/q;2*+1/p-2. The molecule has 1 heterocycles. The molecule has 0 unspecified atom stereocenters. The zero-order valence-electron chi connectivity index (χ0n) is 18.1. The summed E-state index contributed by atoms with van der Waals surface area (Å²) in [5.74, 6) is 1.19. The van der Waals surface area contributed by atoms with Crippen molar-refractivity contribution in [2.75, 3.05) is 21.3 Å². The summed E-state index contributed by atoms with van der Waals surface area (Å²) < 4.78 is 36.8. The van der Waals surface area contributed by atoms with Gasteiger partial charge in [0.05, 0.1) is 26.9 Å². The summed E-state index contributed by atoms with van der Waals surface area (Å²) >= 11 is 0. The van der Waals surface area contributed by atoms with Gasteiger partial charge in [0.2, 0.25) is 0 Å². The van der Waals surface area contributed by atoms with Crippen molar-refractivity contribution in [2.24, 2.45) is 0 Å². The molecule has 3 rings (SSSR count). The quantitative estimate of drug-likeness (QED) is 0.259. The molecular weight excluding hydrogens is 447 g/mol. The number of hydrogen-bond acceptors (Lipinski definition) is 9. The predicted molar refractivity (Wildman–Crippen MR) is 100 cm³/mol. The van der Waals surface area contributed by atoms with Crippen molar-refractivity contribution in [2.45, 2.75) is 6.92 Å². The molecule has 0 radical (unpaired) electrons. The van der Waals surface area contributed by atoms with Crippen LogP contribution in [0, 0.1) is 6.92 Å². The number of phosphoric ester groups is 1. The third kappa shape index (κ3) is 6.51. The Morgan fingerprint density at radius 2 is 1.65 bits per heavy atom. The first-order valence-corrected chi connectivity index (χ1v) is 9.81. The van der Waals surface area contributed by atoms with Gasteiger partial charge < -0.3 is 37.6 Å². The molecule has 0 N–H and O–H groups in total. The molecule has 0 aliphatic rings. The molecule has 9 nitrogen and oxygen atoms in total. The topological polar surface area (TPSA) is 126 Å². The summed E-state index contributed by atoms with van der Waals surface area (Å²) in [6.45, 7) is 1.84. The first kappa shape index (κ1) is 28.0. The minimum Gasteiger partial charge on any atom is -0.780 e. The maximum atomic E-state index is 11.2. The molecule has 154 valence electrons. The van der Waals surface area contributed by atoms with E-state index in [1.165, 1.54) is 33.7 Å². The number of ether oxygens (including phenoxy) is 3. The van der Waals surface area contributed by atoms with E-state index in [9.17, 15) is 14.4 Å². The van der Waals surface area contributed by atoms with Crippen molar-refractivity contribution >= 4 is 7.82 Å². The van der Waals surface area contributed by atoms with Gasteiger partial charge in [-0.15, -0.1) is 0 Å². The number of hydrogen-bond donors (Lipinski definition) is 0. The van der Waals surface area contributed by atoms with Gasteiger partial charge in [-0.25, -0.2) is 0 Å². The van der Waals surface area contributed by atoms with Gasteiger partial charge >= 0.3 is 59.1 Å². The van der Waals surface area contributed by atoms with Gasteiger partial charge in [-0.05, 0) is 36.8 Å². The van der Waals surface area contributed by atoms with Crippen LogP contribution in [0.5, 0.6) is 23.0 Å². The molecule has 2 aromatic carbocycles. The Balaban J connectivity index is 0.00000240. The molecule has 31 heavy (non-hydrogen) atoms. The van der Waals surface area contributed by atoms with Gasteiger partial charge in [0.1, 0.15) is 31.3 Å². The van der Waals surface area contributed by atoms with E-state index in [2.05, 4.69) is 9.68 Å². The maximum absolute atomic E-state index is 11.2. The Morgan fingerprint density at radius 1 is 0.935 bits per heavy atom. The smallest absolute Gasteiger partial charge is 0.780 e. The molecule has 0 bridgehead atoms. The molecule has 0 aliphatic carbocycles. The van der Waals surface area contributed by atoms with E-state index in [-0.39, 0.29) is 64.9 Å². The number of rotatable bonds is 7. The Morgan fingerprint density at radius 3 is 2.23 bits per heavy atom. The average molecular weight is 465 g/mol. The van der Waals surface area contributed by atoms with Gasteiger partial charge in [-0.2, -0.15) is 0 Å². The van der Waals surface area contributed by atoms with Gasteiger partial charge in [0.25, 0.3) is 0 Å². The molecule has 0 aliphatic heterocycles. The van der Waals surface area contributed by atoms with Crippen LogP contribution in [-0.2, 0) is 4.57 Å². The fourth-order valence-corrected chi connectivity index (χ4v) is 3.37. The van der Waals surface area contributed by atoms with E-state index in [1.54, 1.807) is 18.2 Å². The van der Waals surface area contributed by atoms with Gasteiger partial charge in [-0.3, -0.25) is 0 Å². The number of phosphoric acid groups is 1. The van der Waals surface area contributed by atoms with Crippen molar-refractivity contribution in [1.29, 1.82) is 0 Å². The number of methoxy groups -OCH3 is 3. The zero-order chi connectivity index (χ0) is 21.2. The second-order valence-corrected chi connectivity index (χ2v) is 7.08. The Labute approximate surface area is 223 Å². The SMILES string of the molecule is COc1ccc(-c2conc2-c2cc(C)c(OC)c(OC)c2)c(OP(=O)([O-])[O-])c1.[Na+].[Na+]. The number of aromatic nitrogens is 1. The van der Waals surface area contributed by atoms with E-state index in [1.807, 2.05) is 13.0 Å². The van der Waals surface area contributed by atoms with Crippen LogP contribution >= 0.6 is 7.82 Å². The van der Waals surface area contributed by atoms with Crippen LogP contribution in [-0.4, -0.2) is 26.5 Å². The predicted octanol–water partition coefficient (Wildman–Crippen LogP) is -3.44.